The molecular weight excluding hydrogens is 351 g/mol. The molecule has 0 spiro atoms. The summed E-state index contributed by atoms with van der Waals surface area (Å²) in [6, 6.07) is 5.47. The highest BCUT2D eigenvalue weighted by Gasteiger charge is 2.33. The normalized spacial score (nSPS) is 11.9. The number of alkyl halides is 3. The van der Waals surface area contributed by atoms with Crippen molar-refractivity contribution in [3.63, 3.8) is 0 Å². The molecule has 0 radical (unpaired) electrons. The molecule has 0 atom stereocenters. The first-order chi connectivity index (χ1) is 11.9. The van der Waals surface area contributed by atoms with E-state index < -0.39 is 11.7 Å². The first-order valence-corrected chi connectivity index (χ1v) is 8.43. The summed E-state index contributed by atoms with van der Waals surface area (Å²) < 4.78 is 39.3. The van der Waals surface area contributed by atoms with Gasteiger partial charge in [0.05, 0.1) is 21.1 Å². The zero-order valence-electron chi connectivity index (χ0n) is 13.4. The largest absolute Gasteiger partial charge is 0.416 e. The van der Waals surface area contributed by atoms with Gasteiger partial charge in [0, 0.05) is 12.8 Å². The molecule has 2 heterocycles. The number of nitrogens with one attached hydrogen (secondary N) is 1. The van der Waals surface area contributed by atoms with Crippen LogP contribution in [0, 0.1) is 6.92 Å². The van der Waals surface area contributed by atoms with Crippen molar-refractivity contribution in [1.82, 2.24) is 20.2 Å². The third-order valence-corrected chi connectivity index (χ3v) is 4.83. The molecule has 0 aliphatic heterocycles. The van der Waals surface area contributed by atoms with Gasteiger partial charge < -0.3 is 5.73 Å². The first-order valence-electron chi connectivity index (χ1n) is 7.61. The molecule has 3 rings (SSSR count). The molecule has 0 aliphatic rings. The third-order valence-electron chi connectivity index (χ3n) is 3.61. The second kappa shape index (κ2) is 6.93. The van der Waals surface area contributed by atoms with E-state index in [9.17, 15) is 13.2 Å². The van der Waals surface area contributed by atoms with Gasteiger partial charge in [-0.3, -0.25) is 5.10 Å². The number of hydrogen-bond donors (Lipinski definition) is 2. The van der Waals surface area contributed by atoms with E-state index in [0.717, 1.165) is 21.6 Å². The molecule has 1 aromatic carbocycles. The van der Waals surface area contributed by atoms with Crippen molar-refractivity contribution in [2.24, 2.45) is 5.73 Å². The standard InChI is InChI=1S/C16H16F3N5S/c1-9-14(25-13(21-9)6-7-20)15-22-12(23-24-15)8-10-4-2-3-5-11(10)16(17,18)19/h2-5H,6-8,20H2,1H3,(H,22,23,24). The van der Waals surface area contributed by atoms with Crippen LogP contribution >= 0.6 is 11.3 Å². The number of benzene rings is 1. The van der Waals surface area contributed by atoms with Crippen LogP contribution in [0.1, 0.15) is 27.7 Å². The van der Waals surface area contributed by atoms with Crippen molar-refractivity contribution < 1.29 is 13.2 Å². The minimum Gasteiger partial charge on any atom is -0.330 e. The molecule has 3 N–H and O–H groups in total. The van der Waals surface area contributed by atoms with Gasteiger partial charge in [-0.25, -0.2) is 9.97 Å². The van der Waals surface area contributed by atoms with Crippen LogP contribution in [0.5, 0.6) is 0 Å². The molecule has 5 nitrogen and oxygen atoms in total. The van der Waals surface area contributed by atoms with Crippen LogP contribution < -0.4 is 5.73 Å². The van der Waals surface area contributed by atoms with Gasteiger partial charge in [-0.1, -0.05) is 18.2 Å². The van der Waals surface area contributed by atoms with Crippen LogP contribution in [-0.4, -0.2) is 26.7 Å². The van der Waals surface area contributed by atoms with E-state index in [1.807, 2.05) is 6.92 Å². The summed E-state index contributed by atoms with van der Waals surface area (Å²) >= 11 is 1.45. The highest BCUT2D eigenvalue weighted by atomic mass is 32.1. The smallest absolute Gasteiger partial charge is 0.330 e. The molecule has 25 heavy (non-hydrogen) atoms. The fraction of sp³-hybridized carbons (Fsp3) is 0.312. The maximum atomic E-state index is 13.1. The Hall–Kier alpha value is -2.26. The Bertz CT molecular complexity index is 869. The van der Waals surface area contributed by atoms with Gasteiger partial charge >= 0.3 is 6.18 Å². The predicted molar refractivity (Wildman–Crippen MR) is 89.2 cm³/mol. The monoisotopic (exact) mass is 367 g/mol. The number of H-pyrrole nitrogens is 1. The second-order valence-corrected chi connectivity index (χ2v) is 6.58. The molecule has 0 unspecified atom stereocenters. The van der Waals surface area contributed by atoms with Gasteiger partial charge in [0.15, 0.2) is 5.82 Å². The molecule has 3 aromatic rings. The van der Waals surface area contributed by atoms with Crippen molar-refractivity contribution in [2.75, 3.05) is 6.54 Å². The Kier molecular flexibility index (Phi) is 4.87. The van der Waals surface area contributed by atoms with Crippen LogP contribution in [-0.2, 0) is 19.0 Å². The van der Waals surface area contributed by atoms with Crippen LogP contribution in [0.15, 0.2) is 24.3 Å². The van der Waals surface area contributed by atoms with Gasteiger partial charge in [-0.2, -0.15) is 18.3 Å². The molecule has 0 bridgehead atoms. The summed E-state index contributed by atoms with van der Waals surface area (Å²) in [7, 11) is 0. The van der Waals surface area contributed by atoms with Crippen molar-refractivity contribution in [3.8, 4) is 10.7 Å². The molecule has 0 aliphatic carbocycles. The van der Waals surface area contributed by atoms with Gasteiger partial charge in [0.25, 0.3) is 0 Å². The highest BCUT2D eigenvalue weighted by Crippen LogP contribution is 2.33. The number of aryl methyl sites for hydroxylation is 1. The van der Waals surface area contributed by atoms with Crippen molar-refractivity contribution in [2.45, 2.75) is 25.9 Å². The minimum atomic E-state index is -4.40. The molecule has 0 saturated heterocycles. The zero-order chi connectivity index (χ0) is 18.0. The van der Waals surface area contributed by atoms with Crippen LogP contribution in [0.2, 0.25) is 0 Å². The first kappa shape index (κ1) is 17.6. The number of nitrogens with zero attached hydrogens (tertiary/aromatic N) is 3. The van der Waals surface area contributed by atoms with E-state index in [4.69, 9.17) is 5.73 Å². The fourth-order valence-electron chi connectivity index (χ4n) is 2.50. The molecular formula is C16H16F3N5S. The molecule has 132 valence electrons. The van der Waals surface area contributed by atoms with Gasteiger partial charge in [0.2, 0.25) is 0 Å². The SMILES string of the molecule is Cc1nc(CCN)sc1-c1n[nH]c(Cc2ccccc2C(F)(F)F)n1. The highest BCUT2D eigenvalue weighted by molar-refractivity contribution is 7.15. The number of hydrogen-bond acceptors (Lipinski definition) is 5. The van der Waals surface area contributed by atoms with E-state index in [0.29, 0.717) is 24.6 Å². The van der Waals surface area contributed by atoms with Crippen molar-refractivity contribution in [1.29, 1.82) is 0 Å². The molecule has 0 amide bonds. The number of nitrogens with two attached hydrogens (primary N) is 1. The summed E-state index contributed by atoms with van der Waals surface area (Å²) in [6.07, 6.45) is -3.71. The average molecular weight is 367 g/mol. The van der Waals surface area contributed by atoms with Crippen molar-refractivity contribution in [3.05, 3.63) is 51.9 Å². The summed E-state index contributed by atoms with van der Waals surface area (Å²) in [5.74, 6) is 0.817. The quantitative estimate of drug-likeness (QED) is 0.725. The lowest BCUT2D eigenvalue weighted by molar-refractivity contribution is -0.138. The molecule has 0 saturated carbocycles. The Morgan fingerprint density at radius 2 is 1.96 bits per heavy atom. The Labute approximate surface area is 146 Å². The summed E-state index contributed by atoms with van der Waals surface area (Å²) in [5, 5.41) is 7.75. The number of aromatic nitrogens is 4. The second-order valence-electron chi connectivity index (χ2n) is 5.50. The Balaban J connectivity index is 1.86. The van der Waals surface area contributed by atoms with E-state index in [2.05, 4.69) is 20.2 Å². The fourth-order valence-corrected chi connectivity index (χ4v) is 3.51. The number of thiazole rings is 1. The molecule has 2 aromatic heterocycles. The van der Waals surface area contributed by atoms with E-state index in [1.165, 1.54) is 23.5 Å². The van der Waals surface area contributed by atoms with Crippen molar-refractivity contribution >= 4 is 11.3 Å². The summed E-state index contributed by atoms with van der Waals surface area (Å²) in [4.78, 5) is 9.55. The Morgan fingerprint density at radius 3 is 2.68 bits per heavy atom. The number of halogens is 3. The van der Waals surface area contributed by atoms with E-state index in [-0.39, 0.29) is 12.0 Å². The van der Waals surface area contributed by atoms with Crippen LogP contribution in [0.25, 0.3) is 10.7 Å². The Morgan fingerprint density at radius 1 is 1.20 bits per heavy atom. The zero-order valence-corrected chi connectivity index (χ0v) is 14.2. The van der Waals surface area contributed by atoms with E-state index >= 15 is 0 Å². The van der Waals surface area contributed by atoms with Gasteiger partial charge in [-0.05, 0) is 25.1 Å². The lowest BCUT2D eigenvalue weighted by Gasteiger charge is -2.11. The van der Waals surface area contributed by atoms with E-state index in [1.54, 1.807) is 6.07 Å². The van der Waals surface area contributed by atoms with Crippen LogP contribution in [0.4, 0.5) is 13.2 Å². The van der Waals surface area contributed by atoms with Gasteiger partial charge in [0.1, 0.15) is 5.82 Å². The average Bonchev–Trinajstić information content (AvgIpc) is 3.14. The number of rotatable bonds is 5. The van der Waals surface area contributed by atoms with Crippen LogP contribution in [0.3, 0.4) is 0 Å². The third kappa shape index (κ3) is 3.88. The topological polar surface area (TPSA) is 80.5 Å². The minimum absolute atomic E-state index is 0.0240. The lowest BCUT2D eigenvalue weighted by Crippen LogP contribution is -2.09. The lowest BCUT2D eigenvalue weighted by atomic mass is 10.0. The molecule has 0 fully saturated rings. The van der Waals surface area contributed by atoms with Gasteiger partial charge in [-0.15, -0.1) is 11.3 Å². The molecule has 9 heteroatoms. The predicted octanol–water partition coefficient (Wildman–Crippen LogP) is 3.35. The maximum Gasteiger partial charge on any atom is 0.416 e. The summed E-state index contributed by atoms with van der Waals surface area (Å²) in [6.45, 7) is 2.35. The maximum absolute atomic E-state index is 13.1. The number of aromatic amines is 1. The summed E-state index contributed by atoms with van der Waals surface area (Å²) in [5.41, 5.74) is 5.82.